The van der Waals surface area contributed by atoms with Gasteiger partial charge in [0.25, 0.3) is 23.3 Å². The van der Waals surface area contributed by atoms with Crippen molar-refractivity contribution in [1.29, 1.82) is 0 Å². The number of rotatable bonds is 4. The number of carbonyl (C=O) groups excluding carboxylic acids is 3. The van der Waals surface area contributed by atoms with E-state index in [4.69, 9.17) is 4.74 Å². The number of benzene rings is 2. The number of aromatic nitrogens is 2. The predicted octanol–water partition coefficient (Wildman–Crippen LogP) is 1.56. The predicted molar refractivity (Wildman–Crippen MR) is 110 cm³/mol. The topological polar surface area (TPSA) is 111 Å². The highest BCUT2D eigenvalue weighted by Crippen LogP contribution is 2.26. The van der Waals surface area contributed by atoms with Crippen LogP contribution in [0.1, 0.15) is 43.9 Å². The van der Waals surface area contributed by atoms with Crippen LogP contribution in [0.15, 0.2) is 53.6 Å². The zero-order chi connectivity index (χ0) is 21.5. The Morgan fingerprint density at radius 3 is 2.71 bits per heavy atom. The molecule has 31 heavy (non-hydrogen) atoms. The lowest BCUT2D eigenvalue weighted by atomic mass is 10.1. The summed E-state index contributed by atoms with van der Waals surface area (Å²) in [6.07, 6.45) is 2.78. The van der Waals surface area contributed by atoms with Crippen molar-refractivity contribution in [1.82, 2.24) is 14.6 Å². The van der Waals surface area contributed by atoms with Gasteiger partial charge >= 0.3 is 0 Å². The Morgan fingerprint density at radius 2 is 1.90 bits per heavy atom. The van der Waals surface area contributed by atoms with Gasteiger partial charge in [0.05, 0.1) is 34.7 Å². The smallest absolute Gasteiger partial charge is 0.280 e. The molecule has 1 N–H and O–H groups in total. The molecule has 1 aromatic heterocycles. The van der Waals surface area contributed by atoms with Gasteiger partial charge < -0.3 is 4.74 Å². The Balaban J connectivity index is 1.39. The lowest BCUT2D eigenvalue weighted by Crippen LogP contribution is -2.36. The fraction of sp³-hybridized carbons (Fsp3) is 0.227. The first-order chi connectivity index (χ1) is 15.0. The van der Waals surface area contributed by atoms with E-state index in [1.807, 2.05) is 0 Å². The van der Waals surface area contributed by atoms with E-state index in [-0.39, 0.29) is 29.3 Å². The normalized spacial score (nSPS) is 17.9. The van der Waals surface area contributed by atoms with E-state index in [0.717, 1.165) is 17.5 Å². The van der Waals surface area contributed by atoms with Gasteiger partial charge in [0.15, 0.2) is 0 Å². The van der Waals surface area contributed by atoms with E-state index in [2.05, 4.69) is 10.4 Å². The molecule has 1 fully saturated rings. The summed E-state index contributed by atoms with van der Waals surface area (Å²) in [6.45, 7) is 0.827. The quantitative estimate of drug-likeness (QED) is 0.644. The summed E-state index contributed by atoms with van der Waals surface area (Å²) in [5.41, 5.74) is 3.15. The van der Waals surface area contributed by atoms with Crippen molar-refractivity contribution in [3.63, 3.8) is 0 Å². The average Bonchev–Trinajstić information content (AvgIpc) is 3.38. The monoisotopic (exact) mass is 418 g/mol. The minimum atomic E-state index is -0.597. The molecule has 5 rings (SSSR count). The van der Waals surface area contributed by atoms with Crippen LogP contribution in [0.25, 0.3) is 10.9 Å². The van der Waals surface area contributed by atoms with Crippen molar-refractivity contribution in [2.75, 3.05) is 18.6 Å². The first-order valence-corrected chi connectivity index (χ1v) is 9.92. The molecule has 9 nitrogen and oxygen atoms in total. The highest BCUT2D eigenvalue weighted by molar-refractivity contribution is 6.22. The maximum absolute atomic E-state index is 12.8. The molecule has 1 saturated heterocycles. The Kier molecular flexibility index (Phi) is 4.59. The lowest BCUT2D eigenvalue weighted by Gasteiger charge is -2.17. The molecule has 1 atom stereocenters. The van der Waals surface area contributed by atoms with Gasteiger partial charge in [0.2, 0.25) is 0 Å². The highest BCUT2D eigenvalue weighted by Gasteiger charge is 2.38. The van der Waals surface area contributed by atoms with Crippen molar-refractivity contribution >= 4 is 28.6 Å². The van der Waals surface area contributed by atoms with Crippen LogP contribution in [0.2, 0.25) is 0 Å². The van der Waals surface area contributed by atoms with Crippen LogP contribution in [-0.4, -0.2) is 51.5 Å². The summed E-state index contributed by atoms with van der Waals surface area (Å²) >= 11 is 0. The largest absolute Gasteiger partial charge is 0.376 e. The van der Waals surface area contributed by atoms with Crippen LogP contribution in [0, 0.1) is 0 Å². The molecule has 9 heteroatoms. The second-order valence-corrected chi connectivity index (χ2v) is 7.49. The first-order valence-electron chi connectivity index (χ1n) is 9.92. The molecule has 0 saturated carbocycles. The fourth-order valence-corrected chi connectivity index (χ4v) is 3.91. The van der Waals surface area contributed by atoms with Gasteiger partial charge in [-0.05, 0) is 43.2 Å². The third kappa shape index (κ3) is 3.28. The van der Waals surface area contributed by atoms with Gasteiger partial charge in [-0.3, -0.25) is 29.5 Å². The number of fused-ring (bicyclic) bond motifs is 2. The molecule has 2 aromatic carbocycles. The molecule has 0 bridgehead atoms. The number of amides is 3. The summed E-state index contributed by atoms with van der Waals surface area (Å²) < 4.78 is 6.53. The van der Waals surface area contributed by atoms with Crippen molar-refractivity contribution in [3.05, 3.63) is 75.8 Å². The summed E-state index contributed by atoms with van der Waals surface area (Å²) in [4.78, 5) is 56.0. The van der Waals surface area contributed by atoms with Crippen LogP contribution in [0.5, 0.6) is 0 Å². The zero-order valence-electron chi connectivity index (χ0n) is 16.4. The number of hydrogen-bond donors (Lipinski definition) is 1. The van der Waals surface area contributed by atoms with Crippen LogP contribution in [-0.2, 0) is 4.74 Å². The Labute approximate surface area is 176 Å². The first kappa shape index (κ1) is 19.1. The average molecular weight is 418 g/mol. The number of nitrogens with one attached hydrogen (secondary N) is 1. The van der Waals surface area contributed by atoms with E-state index in [1.165, 1.54) is 29.4 Å². The Hall–Kier alpha value is -3.85. The third-order valence-electron chi connectivity index (χ3n) is 5.53. The van der Waals surface area contributed by atoms with Crippen LogP contribution >= 0.6 is 0 Å². The van der Waals surface area contributed by atoms with Gasteiger partial charge in [-0.2, -0.15) is 0 Å². The van der Waals surface area contributed by atoms with Gasteiger partial charge in [-0.1, -0.05) is 12.1 Å². The highest BCUT2D eigenvalue weighted by atomic mass is 16.5. The second-order valence-electron chi connectivity index (χ2n) is 7.49. The van der Waals surface area contributed by atoms with Gasteiger partial charge in [0.1, 0.15) is 6.33 Å². The van der Waals surface area contributed by atoms with Crippen molar-refractivity contribution < 1.29 is 19.1 Å². The molecule has 3 aromatic rings. The van der Waals surface area contributed by atoms with E-state index in [1.54, 1.807) is 24.3 Å². The van der Waals surface area contributed by atoms with Crippen LogP contribution in [0.3, 0.4) is 0 Å². The molecule has 3 heterocycles. The summed E-state index contributed by atoms with van der Waals surface area (Å²) in [6, 6.07) is 11.1. The summed E-state index contributed by atoms with van der Waals surface area (Å²) in [7, 11) is 0. The maximum Gasteiger partial charge on any atom is 0.280 e. The number of nitrogens with zero attached hydrogens (tertiary/aromatic N) is 3. The molecule has 0 radical (unpaired) electrons. The van der Waals surface area contributed by atoms with E-state index in [0.29, 0.717) is 17.5 Å². The van der Waals surface area contributed by atoms with Gasteiger partial charge in [0, 0.05) is 12.2 Å². The molecular weight excluding hydrogens is 400 g/mol. The van der Waals surface area contributed by atoms with Crippen molar-refractivity contribution in [3.8, 4) is 0 Å². The minimum Gasteiger partial charge on any atom is -0.376 e. The van der Waals surface area contributed by atoms with E-state index in [9.17, 15) is 19.2 Å². The number of imide groups is 1. The molecule has 3 amide bonds. The number of para-hydroxylation sites is 1. The number of hydrogen-bond acceptors (Lipinski definition) is 6. The van der Waals surface area contributed by atoms with Crippen molar-refractivity contribution in [2.45, 2.75) is 18.9 Å². The molecule has 2 aliphatic heterocycles. The molecular formula is C22H18N4O5. The molecule has 0 aliphatic carbocycles. The molecule has 0 unspecified atom stereocenters. The lowest BCUT2D eigenvalue weighted by molar-refractivity contribution is 0.0475. The minimum absolute atomic E-state index is 0.152. The Morgan fingerprint density at radius 1 is 1.10 bits per heavy atom. The van der Waals surface area contributed by atoms with Gasteiger partial charge in [-0.15, -0.1) is 0 Å². The zero-order valence-corrected chi connectivity index (χ0v) is 16.4. The van der Waals surface area contributed by atoms with E-state index >= 15 is 0 Å². The summed E-state index contributed by atoms with van der Waals surface area (Å²) in [5.74, 6) is -1.44. The SMILES string of the molecule is O=C(Nn1cnc2ccccc2c1=O)c1ccc2c(c1)C(=O)N(C[C@H]1CCCO1)C2=O. The van der Waals surface area contributed by atoms with Crippen molar-refractivity contribution in [2.24, 2.45) is 0 Å². The fourth-order valence-electron chi connectivity index (χ4n) is 3.91. The maximum atomic E-state index is 12.8. The second kappa shape index (κ2) is 7.44. The molecule has 0 spiro atoms. The summed E-state index contributed by atoms with van der Waals surface area (Å²) in [5, 5.41) is 0.366. The third-order valence-corrected chi connectivity index (χ3v) is 5.53. The number of carbonyl (C=O) groups is 3. The van der Waals surface area contributed by atoms with Crippen LogP contribution in [0.4, 0.5) is 0 Å². The Bertz CT molecular complexity index is 1290. The molecule has 2 aliphatic rings. The molecule has 156 valence electrons. The van der Waals surface area contributed by atoms with E-state index < -0.39 is 23.3 Å². The standard InChI is InChI=1S/C22H18N4O5/c27-19(24-26-12-23-18-6-2-1-5-16(18)22(26)30)13-7-8-15-17(10-13)21(29)25(20(15)28)11-14-4-3-9-31-14/h1-2,5-8,10,12,14H,3-4,9,11H2,(H,24,27)/t14-/m1/s1. The van der Waals surface area contributed by atoms with Crippen LogP contribution < -0.4 is 11.0 Å². The number of ether oxygens (including phenoxy) is 1. The van der Waals surface area contributed by atoms with Gasteiger partial charge in [-0.25, -0.2) is 9.66 Å².